The molecule has 14 nitrogen and oxygen atoms in total. The van der Waals surface area contributed by atoms with E-state index >= 15 is 0 Å². The molecule has 10 N–H and O–H groups in total. The molecular weight excluding hydrogens is 433 g/mol. The van der Waals surface area contributed by atoms with E-state index < -0.39 is 38.6 Å². The van der Waals surface area contributed by atoms with Gasteiger partial charge in [0.15, 0.2) is 23.1 Å². The smallest absolute Gasteiger partial charge is 0.394 e. The summed E-state index contributed by atoms with van der Waals surface area (Å²) >= 11 is 0. The molecule has 1 saturated heterocycles. The first-order valence-electron chi connectivity index (χ1n) is 9.80. The number of hydrogen-bond donors (Lipinski definition) is 7. The molecule has 3 rings (SSSR count). The second-order valence-corrected chi connectivity index (χ2v) is 8.54. The number of nitrogens with two attached hydrogens (primary N) is 3. The van der Waals surface area contributed by atoms with Crippen LogP contribution in [0.2, 0.25) is 0 Å². The molecular formula is C16H28N7O7P. The number of fused-ring (bicyclic) bond motifs is 1. The Bertz CT molecular complexity index is 954. The Kier molecular flexibility index (Phi) is 7.25. The van der Waals surface area contributed by atoms with Crippen LogP contribution in [0.3, 0.4) is 0 Å². The molecule has 0 radical (unpaired) electrons. The number of nitrogen functional groups attached to an aromatic ring is 1. The highest BCUT2D eigenvalue weighted by molar-refractivity contribution is 7.46. The molecule has 0 saturated carbocycles. The van der Waals surface area contributed by atoms with E-state index in [1.807, 2.05) is 0 Å². The van der Waals surface area contributed by atoms with Crippen molar-refractivity contribution in [1.82, 2.24) is 19.5 Å². The van der Waals surface area contributed by atoms with Crippen molar-refractivity contribution in [2.75, 3.05) is 18.9 Å². The van der Waals surface area contributed by atoms with Gasteiger partial charge >= 0.3 is 7.82 Å². The van der Waals surface area contributed by atoms with Gasteiger partial charge in [0, 0.05) is 6.42 Å². The zero-order valence-electron chi connectivity index (χ0n) is 16.7. The van der Waals surface area contributed by atoms with Crippen LogP contribution in [0.5, 0.6) is 0 Å². The van der Waals surface area contributed by atoms with Crippen molar-refractivity contribution >= 4 is 24.8 Å². The second kappa shape index (κ2) is 9.40. The van der Waals surface area contributed by atoms with Crippen LogP contribution in [0, 0.1) is 0 Å². The molecule has 0 unspecified atom stereocenters. The Balaban J connectivity index is 2.08. The molecule has 2 aromatic heterocycles. The van der Waals surface area contributed by atoms with Gasteiger partial charge in [-0.1, -0.05) is 12.8 Å². The third-order valence-corrected chi connectivity index (χ3v) is 5.62. The lowest BCUT2D eigenvalue weighted by molar-refractivity contribution is -0.140. The number of aliphatic hydroxyl groups excluding tert-OH is 2. The third kappa shape index (κ3) is 4.87. The zero-order chi connectivity index (χ0) is 22.8. The van der Waals surface area contributed by atoms with Crippen LogP contribution in [-0.2, 0) is 26.1 Å². The van der Waals surface area contributed by atoms with Gasteiger partial charge in [-0.3, -0.25) is 14.8 Å². The van der Waals surface area contributed by atoms with Gasteiger partial charge < -0.3 is 36.2 Å². The van der Waals surface area contributed by atoms with Gasteiger partial charge in [0.05, 0.1) is 6.61 Å². The van der Waals surface area contributed by atoms with Crippen molar-refractivity contribution in [3.63, 3.8) is 0 Å². The van der Waals surface area contributed by atoms with E-state index in [0.717, 1.165) is 19.3 Å². The first kappa shape index (κ1) is 23.9. The molecule has 174 valence electrons. The number of imidazole rings is 1. The number of aliphatic hydroxyl groups is 2. The van der Waals surface area contributed by atoms with Crippen molar-refractivity contribution in [1.29, 1.82) is 0 Å². The molecule has 1 fully saturated rings. The number of hydrogen-bond acceptors (Lipinski definition) is 11. The van der Waals surface area contributed by atoms with Crippen LogP contribution in [0.25, 0.3) is 11.2 Å². The van der Waals surface area contributed by atoms with Crippen molar-refractivity contribution in [3.8, 4) is 0 Å². The summed E-state index contributed by atoms with van der Waals surface area (Å²) < 4.78 is 23.3. The minimum Gasteiger partial charge on any atom is -0.394 e. The highest BCUT2D eigenvalue weighted by Crippen LogP contribution is 2.46. The number of ether oxygens (including phenoxy) is 1. The van der Waals surface area contributed by atoms with Crippen LogP contribution < -0.4 is 17.2 Å². The molecule has 0 spiro atoms. The van der Waals surface area contributed by atoms with E-state index in [4.69, 9.17) is 26.5 Å². The number of aryl methyl sites for hydroxylation is 1. The maximum atomic E-state index is 11.6. The Morgan fingerprint density at radius 3 is 2.61 bits per heavy atom. The van der Waals surface area contributed by atoms with Gasteiger partial charge in [0.1, 0.15) is 24.4 Å². The van der Waals surface area contributed by atoms with Gasteiger partial charge in [-0.25, -0.2) is 19.5 Å². The lowest BCUT2D eigenvalue weighted by Crippen LogP contribution is -2.54. The zero-order valence-corrected chi connectivity index (χ0v) is 17.6. The standard InChI is InChI=1S/C16H28N7O7P/c17-6-4-2-1-3-5-10-22-11-14(18)20-8-21-15(11)23(10)16(19)13(30-31(26,27)28)12(25)9(7-24)29-16/h8-9,12-13,24-25H,1-7,17,19H2,(H2,18,20,21)(H2,26,27,28)/t9-,12-,13-,16+/m1/s1. The number of unbranched alkanes of at least 4 members (excludes halogenated alkanes) is 3. The molecule has 4 atom stereocenters. The fourth-order valence-electron chi connectivity index (χ4n) is 3.70. The Labute approximate surface area is 177 Å². The van der Waals surface area contributed by atoms with Gasteiger partial charge in [0.25, 0.3) is 0 Å². The fourth-order valence-corrected chi connectivity index (χ4v) is 4.27. The van der Waals surface area contributed by atoms with Crippen LogP contribution in [-0.4, -0.2) is 71.0 Å². The summed E-state index contributed by atoms with van der Waals surface area (Å²) in [7, 11) is -5.09. The lowest BCUT2D eigenvalue weighted by Gasteiger charge is -2.33. The maximum Gasteiger partial charge on any atom is 0.470 e. The maximum absolute atomic E-state index is 11.6. The number of aromatic nitrogens is 4. The topological polar surface area (TPSA) is 238 Å². The van der Waals surface area contributed by atoms with E-state index in [2.05, 4.69) is 15.0 Å². The van der Waals surface area contributed by atoms with Crippen molar-refractivity contribution in [3.05, 3.63) is 12.2 Å². The average molecular weight is 461 g/mol. The molecule has 0 bridgehead atoms. The minimum absolute atomic E-state index is 0.0708. The van der Waals surface area contributed by atoms with Crippen LogP contribution in [0.4, 0.5) is 5.82 Å². The van der Waals surface area contributed by atoms with Crippen molar-refractivity contribution in [2.24, 2.45) is 11.5 Å². The quantitative estimate of drug-likeness (QED) is 0.154. The summed E-state index contributed by atoms with van der Waals surface area (Å²) in [5.74, 6) is -1.72. The summed E-state index contributed by atoms with van der Waals surface area (Å²) in [5, 5.41) is 20.1. The molecule has 2 aromatic rings. The summed E-state index contributed by atoms with van der Waals surface area (Å²) in [6, 6.07) is 0. The third-order valence-electron chi connectivity index (χ3n) is 5.12. The van der Waals surface area contributed by atoms with Gasteiger partial charge in [0.2, 0.25) is 5.85 Å². The predicted molar refractivity (Wildman–Crippen MR) is 108 cm³/mol. The summed E-state index contributed by atoms with van der Waals surface area (Å²) in [6.07, 6.45) is 0.262. The lowest BCUT2D eigenvalue weighted by atomic mass is 10.1. The molecule has 1 aliphatic rings. The normalized spacial score (nSPS) is 26.7. The SMILES string of the molecule is NCCCCCCc1nc2c(N)ncnc2n1[C@]1(N)O[C@H](CO)[C@@H](O)[C@H]1OP(=O)(O)O. The van der Waals surface area contributed by atoms with Crippen LogP contribution in [0.15, 0.2) is 6.33 Å². The number of rotatable bonds is 10. The predicted octanol–water partition coefficient (Wildman–Crippen LogP) is -1.73. The Morgan fingerprint density at radius 1 is 1.26 bits per heavy atom. The molecule has 3 heterocycles. The molecule has 0 aliphatic carbocycles. The van der Waals surface area contributed by atoms with Crippen molar-refractivity contribution in [2.45, 2.75) is 56.3 Å². The van der Waals surface area contributed by atoms with E-state index in [-0.39, 0.29) is 17.0 Å². The average Bonchev–Trinajstić information content (AvgIpc) is 3.19. The molecule has 15 heteroatoms. The number of phosphoric acid groups is 1. The van der Waals surface area contributed by atoms with E-state index in [0.29, 0.717) is 25.2 Å². The summed E-state index contributed by atoms with van der Waals surface area (Å²) in [6.45, 7) is -0.0778. The summed E-state index contributed by atoms with van der Waals surface area (Å²) in [5.41, 5.74) is 18.2. The highest BCUT2D eigenvalue weighted by atomic mass is 31.2. The van der Waals surface area contributed by atoms with Gasteiger partial charge in [-0.2, -0.15) is 0 Å². The van der Waals surface area contributed by atoms with Crippen molar-refractivity contribution < 1.29 is 33.8 Å². The molecule has 1 aliphatic heterocycles. The van der Waals surface area contributed by atoms with Gasteiger partial charge in [-0.05, 0) is 19.4 Å². The number of phosphoric ester groups is 1. The largest absolute Gasteiger partial charge is 0.470 e. The Morgan fingerprint density at radius 2 is 1.97 bits per heavy atom. The van der Waals surface area contributed by atoms with E-state index in [1.54, 1.807) is 0 Å². The van der Waals surface area contributed by atoms with E-state index in [1.165, 1.54) is 10.9 Å². The molecule has 31 heavy (non-hydrogen) atoms. The van der Waals surface area contributed by atoms with E-state index in [9.17, 15) is 24.6 Å². The highest BCUT2D eigenvalue weighted by Gasteiger charge is 2.58. The number of anilines is 1. The summed E-state index contributed by atoms with van der Waals surface area (Å²) in [4.78, 5) is 31.2. The second-order valence-electron chi connectivity index (χ2n) is 7.35. The molecule has 0 amide bonds. The monoisotopic (exact) mass is 461 g/mol. The number of nitrogens with zero attached hydrogens (tertiary/aromatic N) is 4. The Hall–Kier alpha value is -1.74. The molecule has 0 aromatic carbocycles. The van der Waals surface area contributed by atoms with Crippen LogP contribution in [0.1, 0.15) is 31.5 Å². The first-order chi connectivity index (χ1) is 14.6. The van der Waals surface area contributed by atoms with Gasteiger partial charge in [-0.15, -0.1) is 0 Å². The fraction of sp³-hybridized carbons (Fsp3) is 0.688. The first-order valence-corrected chi connectivity index (χ1v) is 11.3. The van der Waals surface area contributed by atoms with Crippen LogP contribution >= 0.6 is 7.82 Å². The minimum atomic E-state index is -5.09.